The van der Waals surface area contributed by atoms with Crippen LogP contribution in [0.3, 0.4) is 0 Å². The van der Waals surface area contributed by atoms with Crippen molar-refractivity contribution < 1.29 is 39.6 Å². The molecule has 4 unspecified atom stereocenters. The average molecular weight is 475 g/mol. The van der Waals surface area contributed by atoms with E-state index < -0.39 is 47.3 Å². The van der Waals surface area contributed by atoms with Gasteiger partial charge in [0, 0.05) is 54.4 Å². The molecule has 190 valence electrons. The smallest absolute Gasteiger partial charge is 0.227 e. The van der Waals surface area contributed by atoms with Crippen molar-refractivity contribution in [2.45, 2.75) is 6.42 Å². The lowest BCUT2D eigenvalue weighted by atomic mass is 9.83. The van der Waals surface area contributed by atoms with E-state index in [1.807, 2.05) is 0 Å². The fourth-order valence-corrected chi connectivity index (χ4v) is 4.34. The minimum atomic E-state index is -1.17. The lowest BCUT2D eigenvalue weighted by molar-refractivity contribution is -0.152. The van der Waals surface area contributed by atoms with Crippen LogP contribution in [0.2, 0.25) is 0 Å². The molecular formula is C21H38N4O8. The molecule has 1 saturated carbocycles. The van der Waals surface area contributed by atoms with Gasteiger partial charge in [0.2, 0.25) is 23.6 Å². The molecule has 1 aliphatic carbocycles. The predicted molar refractivity (Wildman–Crippen MR) is 117 cm³/mol. The summed E-state index contributed by atoms with van der Waals surface area (Å²) in [6.45, 7) is -1.20. The first-order valence-electron chi connectivity index (χ1n) is 11.0. The van der Waals surface area contributed by atoms with E-state index in [-0.39, 0.29) is 59.0 Å². The molecule has 12 nitrogen and oxygen atoms in total. The number of aliphatic hydroxyl groups is 4. The zero-order valence-electron chi connectivity index (χ0n) is 19.9. The van der Waals surface area contributed by atoms with Crippen LogP contribution in [-0.2, 0) is 19.2 Å². The van der Waals surface area contributed by atoms with Crippen LogP contribution in [0.5, 0.6) is 0 Å². The van der Waals surface area contributed by atoms with Gasteiger partial charge in [-0.25, -0.2) is 0 Å². The Bertz CT molecular complexity index is 635. The highest BCUT2D eigenvalue weighted by Gasteiger charge is 2.57. The maximum absolute atomic E-state index is 13.4. The monoisotopic (exact) mass is 474 g/mol. The molecule has 0 aromatic heterocycles. The van der Waals surface area contributed by atoms with Crippen LogP contribution in [0, 0.1) is 23.7 Å². The Kier molecular flexibility index (Phi) is 11.7. The molecule has 4 N–H and O–H groups in total. The molecule has 4 atom stereocenters. The summed E-state index contributed by atoms with van der Waals surface area (Å²) in [5, 5.41) is 37.0. The van der Waals surface area contributed by atoms with Crippen molar-refractivity contribution in [3.8, 4) is 0 Å². The molecule has 1 rings (SSSR count). The lowest BCUT2D eigenvalue weighted by Gasteiger charge is -2.32. The summed E-state index contributed by atoms with van der Waals surface area (Å²) in [5.41, 5.74) is 0. The van der Waals surface area contributed by atoms with Crippen LogP contribution in [0.15, 0.2) is 0 Å². The Hall–Kier alpha value is -2.28. The number of carbonyl (C=O) groups is 4. The zero-order chi connectivity index (χ0) is 25.3. The number of rotatable bonds is 12. The number of hydrogen-bond acceptors (Lipinski definition) is 8. The van der Waals surface area contributed by atoms with Crippen LogP contribution >= 0.6 is 0 Å². The maximum atomic E-state index is 13.4. The Labute approximate surface area is 194 Å². The third kappa shape index (κ3) is 6.85. The van der Waals surface area contributed by atoms with Gasteiger partial charge in [-0.1, -0.05) is 0 Å². The van der Waals surface area contributed by atoms with E-state index >= 15 is 0 Å². The van der Waals surface area contributed by atoms with Gasteiger partial charge in [-0.05, 0) is 6.42 Å². The standard InChI is InChI=1S/C21H38N4O8/c1-22(5-9-26)18(30)14-13-15(19(31)23(2)6-10-27)17(21(33)25(4)8-12-29)16(14)20(32)24(3)7-11-28/h14-17,26-29H,5-13H2,1-4H3. The lowest BCUT2D eigenvalue weighted by Crippen LogP contribution is -2.49. The van der Waals surface area contributed by atoms with Gasteiger partial charge in [0.05, 0.1) is 50.1 Å². The van der Waals surface area contributed by atoms with E-state index in [1.54, 1.807) is 0 Å². The number of aliphatic hydroxyl groups excluding tert-OH is 4. The first-order valence-corrected chi connectivity index (χ1v) is 11.0. The first-order chi connectivity index (χ1) is 15.6. The third-order valence-electron chi connectivity index (χ3n) is 6.21. The van der Waals surface area contributed by atoms with Gasteiger partial charge >= 0.3 is 0 Å². The topological polar surface area (TPSA) is 162 Å². The Morgan fingerprint density at radius 2 is 0.788 bits per heavy atom. The maximum Gasteiger partial charge on any atom is 0.227 e. The SMILES string of the molecule is CN(CCO)C(=O)C1CC(C(=O)N(C)CCO)C(C(=O)N(C)CCO)C1C(=O)N(C)CCO. The van der Waals surface area contributed by atoms with Crippen LogP contribution in [0.25, 0.3) is 0 Å². The summed E-state index contributed by atoms with van der Waals surface area (Å²) in [5.74, 6) is -6.36. The molecule has 0 aliphatic heterocycles. The van der Waals surface area contributed by atoms with Gasteiger partial charge in [-0.15, -0.1) is 0 Å². The van der Waals surface area contributed by atoms with E-state index in [0.29, 0.717) is 0 Å². The highest BCUT2D eigenvalue weighted by molar-refractivity contribution is 5.97. The van der Waals surface area contributed by atoms with E-state index in [2.05, 4.69) is 0 Å². The highest BCUT2D eigenvalue weighted by Crippen LogP contribution is 2.45. The summed E-state index contributed by atoms with van der Waals surface area (Å²) in [6.07, 6.45) is -0.0596. The molecule has 0 bridgehead atoms. The molecular weight excluding hydrogens is 436 g/mol. The van der Waals surface area contributed by atoms with Crippen LogP contribution < -0.4 is 0 Å². The van der Waals surface area contributed by atoms with Crippen LogP contribution in [-0.4, -0.2) is 144 Å². The number of likely N-dealkylation sites (N-methyl/N-ethyl adjacent to an activating group) is 4. The number of nitrogens with zero attached hydrogens (tertiary/aromatic N) is 4. The Morgan fingerprint density at radius 3 is 1.03 bits per heavy atom. The van der Waals surface area contributed by atoms with Crippen molar-refractivity contribution in [1.82, 2.24) is 19.6 Å². The quantitative estimate of drug-likeness (QED) is 0.228. The van der Waals surface area contributed by atoms with Gasteiger partial charge in [-0.2, -0.15) is 0 Å². The van der Waals surface area contributed by atoms with Crippen molar-refractivity contribution in [3.05, 3.63) is 0 Å². The van der Waals surface area contributed by atoms with Crippen LogP contribution in [0.1, 0.15) is 6.42 Å². The van der Waals surface area contributed by atoms with E-state index in [0.717, 1.165) is 0 Å². The summed E-state index contributed by atoms with van der Waals surface area (Å²) >= 11 is 0. The Balaban J connectivity index is 3.54. The molecule has 0 spiro atoms. The minimum absolute atomic E-state index is 0.0147. The van der Waals surface area contributed by atoms with Crippen molar-refractivity contribution >= 4 is 23.6 Å². The van der Waals surface area contributed by atoms with Crippen molar-refractivity contribution in [1.29, 1.82) is 0 Å². The highest BCUT2D eigenvalue weighted by atomic mass is 16.3. The number of amides is 4. The van der Waals surface area contributed by atoms with Gasteiger partial charge in [0.1, 0.15) is 0 Å². The normalized spacial score (nSPS) is 22.1. The van der Waals surface area contributed by atoms with Crippen molar-refractivity contribution in [2.75, 3.05) is 80.8 Å². The molecule has 0 saturated heterocycles. The summed E-state index contributed by atoms with van der Waals surface area (Å²) in [4.78, 5) is 58.2. The Morgan fingerprint density at radius 1 is 0.545 bits per heavy atom. The van der Waals surface area contributed by atoms with Gasteiger partial charge in [0.15, 0.2) is 0 Å². The first kappa shape index (κ1) is 28.8. The fraction of sp³-hybridized carbons (Fsp3) is 0.810. The van der Waals surface area contributed by atoms with Crippen molar-refractivity contribution in [2.24, 2.45) is 23.7 Å². The molecule has 0 heterocycles. The second kappa shape index (κ2) is 13.4. The second-order valence-electron chi connectivity index (χ2n) is 8.43. The van der Waals surface area contributed by atoms with E-state index in [1.165, 1.54) is 47.8 Å². The van der Waals surface area contributed by atoms with Crippen LogP contribution in [0.4, 0.5) is 0 Å². The molecule has 1 aliphatic rings. The number of carbonyl (C=O) groups excluding carboxylic acids is 4. The molecule has 0 aromatic carbocycles. The molecule has 33 heavy (non-hydrogen) atoms. The molecule has 1 fully saturated rings. The predicted octanol–water partition coefficient (Wildman–Crippen LogP) is -3.34. The molecule has 12 heteroatoms. The number of hydrogen-bond donors (Lipinski definition) is 4. The van der Waals surface area contributed by atoms with Gasteiger partial charge in [0.25, 0.3) is 0 Å². The summed E-state index contributed by atoms with van der Waals surface area (Å²) < 4.78 is 0. The fourth-order valence-electron chi connectivity index (χ4n) is 4.34. The zero-order valence-corrected chi connectivity index (χ0v) is 19.9. The molecule has 0 aromatic rings. The average Bonchev–Trinajstić information content (AvgIpc) is 3.17. The van der Waals surface area contributed by atoms with Crippen molar-refractivity contribution in [3.63, 3.8) is 0 Å². The minimum Gasteiger partial charge on any atom is -0.395 e. The van der Waals surface area contributed by atoms with Gasteiger partial charge < -0.3 is 40.0 Å². The molecule has 4 amide bonds. The van der Waals surface area contributed by atoms with E-state index in [9.17, 15) is 39.6 Å². The summed E-state index contributed by atoms with van der Waals surface area (Å²) in [6, 6.07) is 0. The second-order valence-corrected chi connectivity index (χ2v) is 8.43. The van der Waals surface area contributed by atoms with Gasteiger partial charge in [-0.3, -0.25) is 19.2 Å². The third-order valence-corrected chi connectivity index (χ3v) is 6.21. The molecule has 0 radical (unpaired) electrons. The largest absolute Gasteiger partial charge is 0.395 e. The van der Waals surface area contributed by atoms with E-state index in [4.69, 9.17) is 0 Å². The summed E-state index contributed by atoms with van der Waals surface area (Å²) in [7, 11) is 5.84.